The molecule has 0 spiro atoms. The molecule has 1 atom stereocenters. The predicted octanol–water partition coefficient (Wildman–Crippen LogP) is 4.15. The van der Waals surface area contributed by atoms with Gasteiger partial charge in [-0.2, -0.15) is 15.4 Å². The van der Waals surface area contributed by atoms with Gasteiger partial charge in [0.1, 0.15) is 0 Å². The molecule has 1 N–H and O–H groups in total. The number of hydrogen-bond donors (Lipinski definition) is 1. The van der Waals surface area contributed by atoms with Crippen LogP contribution in [-0.2, 0) is 11.8 Å². The first kappa shape index (κ1) is 14.8. The van der Waals surface area contributed by atoms with E-state index in [9.17, 15) is 0 Å². The number of nitrogens with one attached hydrogen (secondary N) is 1. The highest BCUT2D eigenvalue weighted by molar-refractivity contribution is 5.37. The largest absolute Gasteiger partial charge is 0.198 e. The highest BCUT2D eigenvalue weighted by atomic mass is 15.3. The lowest BCUT2D eigenvalue weighted by Crippen LogP contribution is -2.13. The molecule has 3 heteroatoms. The summed E-state index contributed by atoms with van der Waals surface area (Å²) < 4.78 is 0. The van der Waals surface area contributed by atoms with Crippen LogP contribution in [0.25, 0.3) is 0 Å². The molecule has 0 fully saturated rings. The number of nitrogens with zero attached hydrogens (tertiary/aromatic N) is 2. The third kappa shape index (κ3) is 3.27. The summed E-state index contributed by atoms with van der Waals surface area (Å²) in [5.41, 5.74) is 5.44. The lowest BCUT2D eigenvalue weighted by molar-refractivity contribution is 0.583. The van der Waals surface area contributed by atoms with E-state index >= 15 is 0 Å². The summed E-state index contributed by atoms with van der Waals surface area (Å²) in [4.78, 5) is 0. The van der Waals surface area contributed by atoms with Crippen LogP contribution in [-0.4, -0.2) is 15.4 Å². The van der Waals surface area contributed by atoms with E-state index in [-0.39, 0.29) is 5.41 Å². The van der Waals surface area contributed by atoms with Crippen LogP contribution in [0, 0.1) is 6.92 Å². The smallest absolute Gasteiger partial charge is 0.0830 e. The molecule has 1 heterocycles. The molecule has 20 heavy (non-hydrogen) atoms. The average molecular weight is 271 g/mol. The first-order valence-electron chi connectivity index (χ1n) is 7.37. The molecule has 2 aromatic rings. The van der Waals surface area contributed by atoms with Gasteiger partial charge in [-0.05, 0) is 47.8 Å². The molecule has 1 aromatic carbocycles. The maximum Gasteiger partial charge on any atom is 0.0830 e. The van der Waals surface area contributed by atoms with E-state index < -0.39 is 0 Å². The van der Waals surface area contributed by atoms with Crippen LogP contribution in [0.1, 0.15) is 62.4 Å². The Hall–Kier alpha value is -1.64. The molecule has 0 bridgehead atoms. The SMILES string of the molecule is CCC(Cc1cn[nH]n1)c1cc(C(C)(C)C)ccc1C. The average Bonchev–Trinajstić information content (AvgIpc) is 2.88. The molecule has 0 radical (unpaired) electrons. The summed E-state index contributed by atoms with van der Waals surface area (Å²) in [6, 6.07) is 6.88. The van der Waals surface area contributed by atoms with Crippen molar-refractivity contribution < 1.29 is 0 Å². The first-order chi connectivity index (χ1) is 9.41. The number of rotatable bonds is 4. The molecular weight excluding hydrogens is 246 g/mol. The Morgan fingerprint density at radius 2 is 2.00 bits per heavy atom. The van der Waals surface area contributed by atoms with Crippen molar-refractivity contribution in [1.82, 2.24) is 15.4 Å². The Morgan fingerprint density at radius 3 is 2.55 bits per heavy atom. The second-order valence-electron chi connectivity index (χ2n) is 6.59. The minimum absolute atomic E-state index is 0.189. The number of aromatic amines is 1. The zero-order valence-corrected chi connectivity index (χ0v) is 13.2. The minimum atomic E-state index is 0.189. The van der Waals surface area contributed by atoms with Crippen molar-refractivity contribution >= 4 is 0 Å². The summed E-state index contributed by atoms with van der Waals surface area (Å²) >= 11 is 0. The summed E-state index contributed by atoms with van der Waals surface area (Å²) in [5, 5.41) is 10.8. The van der Waals surface area contributed by atoms with E-state index in [0.717, 1.165) is 18.5 Å². The van der Waals surface area contributed by atoms with Gasteiger partial charge in [0.25, 0.3) is 0 Å². The highest BCUT2D eigenvalue weighted by Gasteiger charge is 2.19. The van der Waals surface area contributed by atoms with Crippen LogP contribution in [0.5, 0.6) is 0 Å². The van der Waals surface area contributed by atoms with E-state index in [0.29, 0.717) is 5.92 Å². The molecule has 1 unspecified atom stereocenters. The standard InChI is InChI=1S/C17H25N3/c1-6-13(9-15-11-18-20-19-15)16-10-14(17(3,4)5)8-7-12(16)2/h7-8,10-11,13H,6,9H2,1-5H3,(H,18,19,20). The molecule has 0 saturated heterocycles. The molecule has 1 aromatic heterocycles. The third-order valence-corrected chi connectivity index (χ3v) is 4.00. The van der Waals surface area contributed by atoms with Gasteiger partial charge in [0, 0.05) is 0 Å². The highest BCUT2D eigenvalue weighted by Crippen LogP contribution is 2.31. The summed E-state index contributed by atoms with van der Waals surface area (Å²) in [5.74, 6) is 0.502. The van der Waals surface area contributed by atoms with Crippen LogP contribution in [0.3, 0.4) is 0 Å². The van der Waals surface area contributed by atoms with Crippen molar-refractivity contribution in [3.63, 3.8) is 0 Å². The fraction of sp³-hybridized carbons (Fsp3) is 0.529. The molecular formula is C17H25N3. The fourth-order valence-electron chi connectivity index (χ4n) is 2.60. The van der Waals surface area contributed by atoms with Gasteiger partial charge in [0.15, 0.2) is 0 Å². The molecule has 0 aliphatic heterocycles. The van der Waals surface area contributed by atoms with Gasteiger partial charge in [-0.25, -0.2) is 0 Å². The normalized spacial score (nSPS) is 13.4. The van der Waals surface area contributed by atoms with Gasteiger partial charge >= 0.3 is 0 Å². The maximum absolute atomic E-state index is 4.19. The molecule has 0 amide bonds. The molecule has 0 saturated carbocycles. The van der Waals surface area contributed by atoms with E-state index in [1.54, 1.807) is 0 Å². The Bertz CT molecular complexity index is 550. The van der Waals surface area contributed by atoms with Crippen molar-refractivity contribution in [2.45, 2.75) is 58.8 Å². The van der Waals surface area contributed by atoms with Crippen LogP contribution in [0.15, 0.2) is 24.4 Å². The second-order valence-corrected chi connectivity index (χ2v) is 6.59. The zero-order chi connectivity index (χ0) is 14.8. The van der Waals surface area contributed by atoms with Gasteiger partial charge in [-0.3, -0.25) is 0 Å². The summed E-state index contributed by atoms with van der Waals surface area (Å²) in [7, 11) is 0. The van der Waals surface area contributed by atoms with Gasteiger partial charge in [-0.1, -0.05) is 45.9 Å². The number of hydrogen-bond acceptors (Lipinski definition) is 2. The Morgan fingerprint density at radius 1 is 1.25 bits per heavy atom. The van der Waals surface area contributed by atoms with E-state index in [2.05, 4.69) is 68.2 Å². The van der Waals surface area contributed by atoms with Crippen molar-refractivity contribution in [3.8, 4) is 0 Å². The van der Waals surface area contributed by atoms with Crippen molar-refractivity contribution in [2.24, 2.45) is 0 Å². The third-order valence-electron chi connectivity index (χ3n) is 4.00. The molecule has 0 aliphatic carbocycles. The summed E-state index contributed by atoms with van der Waals surface area (Å²) in [6.45, 7) is 11.2. The zero-order valence-electron chi connectivity index (χ0n) is 13.2. The van der Waals surface area contributed by atoms with E-state index in [1.807, 2.05) is 6.20 Å². The van der Waals surface area contributed by atoms with Crippen molar-refractivity contribution in [2.75, 3.05) is 0 Å². The molecule has 3 nitrogen and oxygen atoms in total. The molecule has 108 valence electrons. The number of aryl methyl sites for hydroxylation is 1. The molecule has 2 rings (SSSR count). The van der Waals surface area contributed by atoms with Crippen LogP contribution in [0.4, 0.5) is 0 Å². The number of benzene rings is 1. The van der Waals surface area contributed by atoms with Gasteiger partial charge in [0.2, 0.25) is 0 Å². The minimum Gasteiger partial charge on any atom is -0.198 e. The second kappa shape index (κ2) is 5.78. The summed E-state index contributed by atoms with van der Waals surface area (Å²) in [6.07, 6.45) is 3.88. The van der Waals surface area contributed by atoms with Crippen LogP contribution >= 0.6 is 0 Å². The quantitative estimate of drug-likeness (QED) is 0.907. The Balaban J connectivity index is 2.33. The monoisotopic (exact) mass is 271 g/mol. The number of H-pyrrole nitrogens is 1. The van der Waals surface area contributed by atoms with Crippen molar-refractivity contribution in [1.29, 1.82) is 0 Å². The topological polar surface area (TPSA) is 41.6 Å². The Kier molecular flexibility index (Phi) is 4.26. The predicted molar refractivity (Wildman–Crippen MR) is 83.0 cm³/mol. The Labute approximate surface area is 121 Å². The van der Waals surface area contributed by atoms with Crippen molar-refractivity contribution in [3.05, 3.63) is 46.8 Å². The van der Waals surface area contributed by atoms with Gasteiger partial charge < -0.3 is 0 Å². The maximum atomic E-state index is 4.19. The van der Waals surface area contributed by atoms with Crippen LogP contribution < -0.4 is 0 Å². The van der Waals surface area contributed by atoms with Gasteiger partial charge in [-0.15, -0.1) is 0 Å². The first-order valence-corrected chi connectivity index (χ1v) is 7.37. The lowest BCUT2D eigenvalue weighted by Gasteiger charge is -2.23. The fourth-order valence-corrected chi connectivity index (χ4v) is 2.60. The lowest BCUT2D eigenvalue weighted by atomic mass is 9.81. The molecule has 0 aliphatic rings. The van der Waals surface area contributed by atoms with E-state index in [1.165, 1.54) is 16.7 Å². The number of aromatic nitrogens is 3. The van der Waals surface area contributed by atoms with Crippen LogP contribution in [0.2, 0.25) is 0 Å². The van der Waals surface area contributed by atoms with E-state index in [4.69, 9.17) is 0 Å². The van der Waals surface area contributed by atoms with Gasteiger partial charge in [0.05, 0.1) is 11.9 Å².